The smallest absolute Gasteiger partial charge is 0.321 e. The molecule has 1 aliphatic rings. The number of likely N-dealkylation sites (tertiary alicyclic amines) is 1. The van der Waals surface area contributed by atoms with Crippen molar-refractivity contribution in [2.24, 2.45) is 0 Å². The Bertz CT molecular complexity index is 984. The molecule has 0 unspecified atom stereocenters. The Morgan fingerprint density at radius 3 is 2.50 bits per heavy atom. The van der Waals surface area contributed by atoms with Crippen molar-refractivity contribution in [2.45, 2.75) is 18.8 Å². The van der Waals surface area contributed by atoms with Crippen LogP contribution < -0.4 is 5.32 Å². The summed E-state index contributed by atoms with van der Waals surface area (Å²) in [5.41, 5.74) is 1.50. The summed E-state index contributed by atoms with van der Waals surface area (Å²) in [6, 6.07) is 14.3. The zero-order valence-electron chi connectivity index (χ0n) is 14.9. The zero-order chi connectivity index (χ0) is 19.5. The van der Waals surface area contributed by atoms with Gasteiger partial charge in [0.15, 0.2) is 0 Å². The van der Waals surface area contributed by atoms with E-state index in [0.717, 1.165) is 18.4 Å². The number of rotatable bonds is 3. The zero-order valence-corrected chi connectivity index (χ0v) is 16.5. The third-order valence-electron chi connectivity index (χ3n) is 4.73. The van der Waals surface area contributed by atoms with Gasteiger partial charge in [-0.05, 0) is 43.2 Å². The van der Waals surface area contributed by atoms with Gasteiger partial charge in [0.2, 0.25) is 11.7 Å². The molecule has 144 valence electrons. The Balaban J connectivity index is 1.36. The maximum Gasteiger partial charge on any atom is 0.321 e. The Labute approximate surface area is 172 Å². The van der Waals surface area contributed by atoms with Gasteiger partial charge >= 0.3 is 6.03 Å². The second kappa shape index (κ2) is 8.20. The number of benzene rings is 2. The number of urea groups is 1. The Morgan fingerprint density at radius 2 is 1.79 bits per heavy atom. The number of nitrogens with zero attached hydrogens (tertiary/aromatic N) is 3. The van der Waals surface area contributed by atoms with Crippen LogP contribution in [0.15, 0.2) is 53.1 Å². The van der Waals surface area contributed by atoms with Crippen LogP contribution in [0.5, 0.6) is 0 Å². The third-order valence-corrected chi connectivity index (χ3v) is 5.20. The predicted octanol–water partition coefficient (Wildman–Crippen LogP) is 5.45. The van der Waals surface area contributed by atoms with Crippen molar-refractivity contribution in [3.05, 3.63) is 64.5 Å². The Kier molecular flexibility index (Phi) is 5.50. The van der Waals surface area contributed by atoms with Gasteiger partial charge in [0, 0.05) is 40.3 Å². The van der Waals surface area contributed by atoms with E-state index in [2.05, 4.69) is 15.5 Å². The fourth-order valence-electron chi connectivity index (χ4n) is 3.24. The van der Waals surface area contributed by atoms with Crippen molar-refractivity contribution >= 4 is 34.9 Å². The minimum Gasteiger partial charge on any atom is -0.339 e. The maximum absolute atomic E-state index is 12.5. The minimum atomic E-state index is -0.133. The predicted molar refractivity (Wildman–Crippen MR) is 109 cm³/mol. The molecule has 2 heterocycles. The quantitative estimate of drug-likeness (QED) is 0.615. The first kappa shape index (κ1) is 18.8. The molecule has 6 nitrogen and oxygen atoms in total. The first-order chi connectivity index (χ1) is 13.6. The highest BCUT2D eigenvalue weighted by Gasteiger charge is 2.27. The minimum absolute atomic E-state index is 0.133. The molecule has 2 amide bonds. The molecule has 1 saturated heterocycles. The Morgan fingerprint density at radius 1 is 1.07 bits per heavy atom. The van der Waals surface area contributed by atoms with Crippen LogP contribution in [0, 0.1) is 0 Å². The van der Waals surface area contributed by atoms with Crippen molar-refractivity contribution in [2.75, 3.05) is 18.4 Å². The number of hydrogen-bond donors (Lipinski definition) is 1. The van der Waals surface area contributed by atoms with Gasteiger partial charge in [0.25, 0.3) is 0 Å². The molecular weight excluding hydrogens is 399 g/mol. The number of halogens is 2. The molecule has 0 saturated carbocycles. The molecule has 3 aromatic rings. The van der Waals surface area contributed by atoms with E-state index in [1.54, 1.807) is 35.2 Å². The van der Waals surface area contributed by atoms with E-state index in [-0.39, 0.29) is 11.9 Å². The summed E-state index contributed by atoms with van der Waals surface area (Å²) < 4.78 is 5.47. The molecule has 0 aliphatic carbocycles. The van der Waals surface area contributed by atoms with Crippen molar-refractivity contribution in [1.29, 1.82) is 0 Å². The average molecular weight is 417 g/mol. The molecule has 0 atom stereocenters. The highest BCUT2D eigenvalue weighted by Crippen LogP contribution is 2.29. The SMILES string of the molecule is O=C(Nc1cccc(Cl)c1)N1CCC(c2nc(-c3cccc(Cl)c3)no2)CC1. The van der Waals surface area contributed by atoms with E-state index < -0.39 is 0 Å². The molecule has 1 aliphatic heterocycles. The first-order valence-electron chi connectivity index (χ1n) is 8.99. The number of hydrogen-bond acceptors (Lipinski definition) is 4. The van der Waals surface area contributed by atoms with Gasteiger partial charge in [0.05, 0.1) is 0 Å². The van der Waals surface area contributed by atoms with Crippen molar-refractivity contribution in [3.63, 3.8) is 0 Å². The fraction of sp³-hybridized carbons (Fsp3) is 0.250. The van der Waals surface area contributed by atoms with Crippen molar-refractivity contribution in [1.82, 2.24) is 15.0 Å². The second-order valence-corrected chi connectivity index (χ2v) is 7.54. The summed E-state index contributed by atoms with van der Waals surface area (Å²) in [7, 11) is 0. The number of amides is 2. The summed E-state index contributed by atoms with van der Waals surface area (Å²) in [6.07, 6.45) is 1.53. The topological polar surface area (TPSA) is 71.3 Å². The van der Waals surface area contributed by atoms with Gasteiger partial charge in [-0.1, -0.05) is 46.6 Å². The lowest BCUT2D eigenvalue weighted by Gasteiger charge is -2.30. The number of carbonyl (C=O) groups is 1. The van der Waals surface area contributed by atoms with Crippen LogP contribution in [-0.2, 0) is 0 Å². The number of piperidine rings is 1. The molecule has 1 N–H and O–H groups in total. The standard InChI is InChI=1S/C20H18Cl2N4O2/c21-15-4-1-3-14(11-15)18-24-19(28-25-18)13-7-9-26(10-8-13)20(27)23-17-6-2-5-16(22)12-17/h1-6,11-13H,7-10H2,(H,23,27). The number of carbonyl (C=O) groups excluding carboxylic acids is 1. The summed E-state index contributed by atoms with van der Waals surface area (Å²) in [6.45, 7) is 1.23. The molecule has 28 heavy (non-hydrogen) atoms. The van der Waals surface area contributed by atoms with Gasteiger partial charge in [-0.25, -0.2) is 4.79 Å². The van der Waals surface area contributed by atoms with E-state index in [4.69, 9.17) is 27.7 Å². The van der Waals surface area contributed by atoms with Gasteiger partial charge in [-0.15, -0.1) is 0 Å². The summed E-state index contributed by atoms with van der Waals surface area (Å²) in [5, 5.41) is 8.16. The molecule has 0 radical (unpaired) electrons. The van der Waals surface area contributed by atoms with Gasteiger partial charge in [-0.3, -0.25) is 0 Å². The maximum atomic E-state index is 12.5. The van der Waals surface area contributed by atoms with Crippen molar-refractivity contribution < 1.29 is 9.32 Å². The summed E-state index contributed by atoms with van der Waals surface area (Å²) >= 11 is 12.0. The van der Waals surface area contributed by atoms with E-state index in [9.17, 15) is 4.79 Å². The van der Waals surface area contributed by atoms with Gasteiger partial charge in [-0.2, -0.15) is 4.98 Å². The lowest BCUT2D eigenvalue weighted by Crippen LogP contribution is -2.40. The van der Waals surface area contributed by atoms with E-state index >= 15 is 0 Å². The van der Waals surface area contributed by atoms with Crippen molar-refractivity contribution in [3.8, 4) is 11.4 Å². The van der Waals surface area contributed by atoms with Gasteiger partial charge in [0.1, 0.15) is 0 Å². The molecule has 1 fully saturated rings. The first-order valence-corrected chi connectivity index (χ1v) is 9.75. The van der Waals surface area contributed by atoms with Gasteiger partial charge < -0.3 is 14.7 Å². The molecular formula is C20H18Cl2N4O2. The van der Waals surface area contributed by atoms with E-state index in [0.29, 0.717) is 40.5 Å². The Hall–Kier alpha value is -2.57. The molecule has 0 bridgehead atoms. The summed E-state index contributed by atoms with van der Waals surface area (Å²) in [4.78, 5) is 18.8. The second-order valence-electron chi connectivity index (χ2n) is 6.67. The number of anilines is 1. The molecule has 1 aromatic heterocycles. The largest absolute Gasteiger partial charge is 0.339 e. The lowest BCUT2D eigenvalue weighted by molar-refractivity contribution is 0.187. The highest BCUT2D eigenvalue weighted by molar-refractivity contribution is 6.31. The van der Waals surface area contributed by atoms with Crippen LogP contribution in [-0.4, -0.2) is 34.2 Å². The van der Waals surface area contributed by atoms with E-state index in [1.165, 1.54) is 0 Å². The summed E-state index contributed by atoms with van der Waals surface area (Å²) in [5.74, 6) is 1.26. The van der Waals surface area contributed by atoms with E-state index in [1.807, 2.05) is 18.2 Å². The highest BCUT2D eigenvalue weighted by atomic mass is 35.5. The van der Waals surface area contributed by atoms with Crippen LogP contribution >= 0.6 is 23.2 Å². The fourth-order valence-corrected chi connectivity index (χ4v) is 3.62. The molecule has 8 heteroatoms. The van der Waals surface area contributed by atoms with Crippen LogP contribution in [0.25, 0.3) is 11.4 Å². The van der Waals surface area contributed by atoms with Crippen LogP contribution in [0.1, 0.15) is 24.7 Å². The van der Waals surface area contributed by atoms with Crippen LogP contribution in [0.3, 0.4) is 0 Å². The molecule has 2 aromatic carbocycles. The lowest BCUT2D eigenvalue weighted by atomic mass is 9.97. The number of nitrogens with one attached hydrogen (secondary N) is 1. The van der Waals surface area contributed by atoms with Crippen LogP contribution in [0.4, 0.5) is 10.5 Å². The number of aromatic nitrogens is 2. The molecule has 4 rings (SSSR count). The van der Waals surface area contributed by atoms with Crippen LogP contribution in [0.2, 0.25) is 10.0 Å². The third kappa shape index (κ3) is 4.29. The monoisotopic (exact) mass is 416 g/mol. The normalized spacial score (nSPS) is 14.9. The molecule has 0 spiro atoms. The average Bonchev–Trinajstić information content (AvgIpc) is 3.18.